The molecule has 0 saturated heterocycles. The molecule has 106 valence electrons. The molecule has 0 bridgehead atoms. The van der Waals surface area contributed by atoms with Gasteiger partial charge in [-0.15, -0.1) is 0 Å². The van der Waals surface area contributed by atoms with Gasteiger partial charge < -0.3 is 5.11 Å². The van der Waals surface area contributed by atoms with Crippen molar-refractivity contribution in [3.05, 3.63) is 0 Å². The summed E-state index contributed by atoms with van der Waals surface area (Å²) in [6, 6.07) is 0. The van der Waals surface area contributed by atoms with Gasteiger partial charge in [-0.05, 0) is 18.8 Å². The molecule has 2 nitrogen and oxygen atoms in total. The number of carboxylic acid groups (broad SMARTS) is 1. The van der Waals surface area contributed by atoms with Crippen molar-refractivity contribution in [2.24, 2.45) is 11.8 Å². The van der Waals surface area contributed by atoms with E-state index in [9.17, 15) is 9.90 Å². The fourth-order valence-electron chi connectivity index (χ4n) is 3.16. The molecule has 2 heteroatoms. The molecule has 0 radical (unpaired) electrons. The van der Waals surface area contributed by atoms with Gasteiger partial charge in [0.05, 0.1) is 5.92 Å². The molecule has 1 rings (SSSR count). The van der Waals surface area contributed by atoms with Crippen LogP contribution in [0.4, 0.5) is 0 Å². The highest BCUT2D eigenvalue weighted by Crippen LogP contribution is 2.32. The van der Waals surface area contributed by atoms with Gasteiger partial charge in [-0.3, -0.25) is 4.79 Å². The van der Waals surface area contributed by atoms with Crippen molar-refractivity contribution < 1.29 is 9.90 Å². The SMILES string of the molecule is CCCCCCCCC(CC1CCCC1)C(=O)O. The first-order valence-electron chi connectivity index (χ1n) is 7.96. The summed E-state index contributed by atoms with van der Waals surface area (Å²) in [6.45, 7) is 2.22. The van der Waals surface area contributed by atoms with Gasteiger partial charge in [-0.1, -0.05) is 71.1 Å². The Morgan fingerprint density at radius 2 is 1.72 bits per heavy atom. The maximum atomic E-state index is 11.3. The lowest BCUT2D eigenvalue weighted by atomic mass is 9.89. The number of hydrogen-bond donors (Lipinski definition) is 1. The Balaban J connectivity index is 2.11. The van der Waals surface area contributed by atoms with Gasteiger partial charge >= 0.3 is 5.97 Å². The van der Waals surface area contributed by atoms with Crippen LogP contribution in [0, 0.1) is 11.8 Å². The largest absolute Gasteiger partial charge is 0.481 e. The molecule has 0 amide bonds. The smallest absolute Gasteiger partial charge is 0.306 e. The third-order valence-electron chi connectivity index (χ3n) is 4.35. The van der Waals surface area contributed by atoms with Crippen LogP contribution in [0.25, 0.3) is 0 Å². The predicted octanol–water partition coefficient (Wildman–Crippen LogP) is 5.02. The number of carbonyl (C=O) groups is 1. The van der Waals surface area contributed by atoms with E-state index in [-0.39, 0.29) is 5.92 Å². The fourth-order valence-corrected chi connectivity index (χ4v) is 3.16. The van der Waals surface area contributed by atoms with E-state index in [2.05, 4.69) is 6.92 Å². The maximum absolute atomic E-state index is 11.3. The zero-order chi connectivity index (χ0) is 13.2. The van der Waals surface area contributed by atoms with Crippen LogP contribution in [0.3, 0.4) is 0 Å². The highest BCUT2D eigenvalue weighted by Gasteiger charge is 2.24. The van der Waals surface area contributed by atoms with Crippen molar-refractivity contribution in [3.8, 4) is 0 Å². The molecule has 1 atom stereocenters. The van der Waals surface area contributed by atoms with Crippen LogP contribution in [-0.2, 0) is 4.79 Å². The summed E-state index contributed by atoms with van der Waals surface area (Å²) in [5.74, 6) is 0.0703. The molecule has 1 N–H and O–H groups in total. The first-order chi connectivity index (χ1) is 8.74. The Morgan fingerprint density at radius 3 is 2.33 bits per heavy atom. The van der Waals surface area contributed by atoms with Gasteiger partial charge in [0.1, 0.15) is 0 Å². The first-order valence-corrected chi connectivity index (χ1v) is 7.96. The van der Waals surface area contributed by atoms with Crippen molar-refractivity contribution >= 4 is 5.97 Å². The van der Waals surface area contributed by atoms with Gasteiger partial charge in [0.15, 0.2) is 0 Å². The number of carboxylic acids is 1. The number of aliphatic carboxylic acids is 1. The van der Waals surface area contributed by atoms with Crippen molar-refractivity contribution in [2.75, 3.05) is 0 Å². The van der Waals surface area contributed by atoms with Crippen LogP contribution >= 0.6 is 0 Å². The molecule has 1 fully saturated rings. The van der Waals surface area contributed by atoms with Crippen molar-refractivity contribution in [2.45, 2.75) is 84.0 Å². The molecular weight excluding hydrogens is 224 g/mol. The van der Waals surface area contributed by atoms with Gasteiger partial charge in [-0.2, -0.15) is 0 Å². The minimum absolute atomic E-state index is 0.0701. The molecular formula is C16H30O2. The summed E-state index contributed by atoms with van der Waals surface area (Å²) < 4.78 is 0. The Hall–Kier alpha value is -0.530. The minimum atomic E-state index is -0.560. The number of rotatable bonds is 10. The second-order valence-electron chi connectivity index (χ2n) is 5.98. The summed E-state index contributed by atoms with van der Waals surface area (Å²) in [5, 5.41) is 9.27. The lowest BCUT2D eigenvalue weighted by Crippen LogP contribution is -2.17. The molecule has 0 aromatic carbocycles. The van der Waals surface area contributed by atoms with Crippen LogP contribution < -0.4 is 0 Å². The summed E-state index contributed by atoms with van der Waals surface area (Å²) in [6.07, 6.45) is 14.5. The van der Waals surface area contributed by atoms with E-state index in [0.29, 0.717) is 5.92 Å². The molecule has 0 aromatic heterocycles. The fraction of sp³-hybridized carbons (Fsp3) is 0.938. The maximum Gasteiger partial charge on any atom is 0.306 e. The molecule has 1 aliphatic carbocycles. The standard InChI is InChI=1S/C16H30O2/c1-2-3-4-5-6-7-12-15(16(17)18)13-14-10-8-9-11-14/h14-15H,2-13H2,1H3,(H,17,18). The molecule has 0 aliphatic heterocycles. The average molecular weight is 254 g/mol. The summed E-state index contributed by atoms with van der Waals surface area (Å²) in [5.41, 5.74) is 0. The normalized spacial score (nSPS) is 18.1. The third kappa shape index (κ3) is 6.42. The molecule has 1 unspecified atom stereocenters. The van der Waals surface area contributed by atoms with E-state index >= 15 is 0 Å². The number of unbranched alkanes of at least 4 members (excludes halogenated alkanes) is 5. The molecule has 1 aliphatic rings. The second kappa shape index (κ2) is 9.41. The predicted molar refractivity (Wildman–Crippen MR) is 75.7 cm³/mol. The van der Waals surface area contributed by atoms with E-state index < -0.39 is 5.97 Å². The topological polar surface area (TPSA) is 37.3 Å². The highest BCUT2D eigenvalue weighted by atomic mass is 16.4. The summed E-state index contributed by atoms with van der Waals surface area (Å²) >= 11 is 0. The molecule has 0 aromatic rings. The Bertz CT molecular complexity index is 219. The van der Waals surface area contributed by atoms with E-state index in [1.54, 1.807) is 0 Å². The van der Waals surface area contributed by atoms with Gasteiger partial charge in [0.2, 0.25) is 0 Å². The lowest BCUT2D eigenvalue weighted by Gasteiger charge is -2.16. The van der Waals surface area contributed by atoms with Crippen molar-refractivity contribution in [1.82, 2.24) is 0 Å². The molecule has 0 spiro atoms. The minimum Gasteiger partial charge on any atom is -0.481 e. The Morgan fingerprint density at radius 1 is 1.11 bits per heavy atom. The van der Waals surface area contributed by atoms with E-state index in [4.69, 9.17) is 0 Å². The number of hydrogen-bond acceptors (Lipinski definition) is 1. The third-order valence-corrected chi connectivity index (χ3v) is 4.35. The van der Waals surface area contributed by atoms with Crippen LogP contribution in [0.2, 0.25) is 0 Å². The summed E-state index contributed by atoms with van der Waals surface area (Å²) in [7, 11) is 0. The van der Waals surface area contributed by atoms with Crippen LogP contribution in [0.1, 0.15) is 84.0 Å². The van der Waals surface area contributed by atoms with Crippen LogP contribution in [0.5, 0.6) is 0 Å². The van der Waals surface area contributed by atoms with E-state index in [0.717, 1.165) is 19.3 Å². The average Bonchev–Trinajstić information content (AvgIpc) is 2.84. The zero-order valence-corrected chi connectivity index (χ0v) is 12.0. The summed E-state index contributed by atoms with van der Waals surface area (Å²) in [4.78, 5) is 11.3. The van der Waals surface area contributed by atoms with E-state index in [1.165, 1.54) is 57.8 Å². The monoisotopic (exact) mass is 254 g/mol. The van der Waals surface area contributed by atoms with Crippen molar-refractivity contribution in [1.29, 1.82) is 0 Å². The quantitative estimate of drug-likeness (QED) is 0.556. The second-order valence-corrected chi connectivity index (χ2v) is 5.98. The molecule has 18 heavy (non-hydrogen) atoms. The molecule has 1 saturated carbocycles. The molecule has 0 heterocycles. The van der Waals surface area contributed by atoms with Gasteiger partial charge in [0, 0.05) is 0 Å². The first kappa shape index (κ1) is 15.5. The lowest BCUT2D eigenvalue weighted by molar-refractivity contribution is -0.142. The van der Waals surface area contributed by atoms with Gasteiger partial charge in [0.25, 0.3) is 0 Å². The van der Waals surface area contributed by atoms with Crippen molar-refractivity contribution in [3.63, 3.8) is 0 Å². The van der Waals surface area contributed by atoms with E-state index in [1.807, 2.05) is 0 Å². The van der Waals surface area contributed by atoms with Crippen LogP contribution in [0.15, 0.2) is 0 Å². The Kier molecular flexibility index (Phi) is 8.11. The highest BCUT2D eigenvalue weighted by molar-refractivity contribution is 5.69. The zero-order valence-electron chi connectivity index (χ0n) is 12.0. The Labute approximate surface area is 112 Å². The van der Waals surface area contributed by atoms with Gasteiger partial charge in [-0.25, -0.2) is 0 Å². The van der Waals surface area contributed by atoms with Crippen LogP contribution in [-0.4, -0.2) is 11.1 Å².